The van der Waals surface area contributed by atoms with Crippen molar-refractivity contribution >= 4 is 17.8 Å². The lowest BCUT2D eigenvalue weighted by Crippen LogP contribution is -2.35. The van der Waals surface area contributed by atoms with E-state index in [-0.39, 0.29) is 30.6 Å². The average molecular weight is 443 g/mol. The van der Waals surface area contributed by atoms with E-state index >= 15 is 0 Å². The number of rotatable bonds is 9. The smallest absolute Gasteiger partial charge is 0.312 e. The van der Waals surface area contributed by atoms with Crippen molar-refractivity contribution in [1.29, 1.82) is 0 Å². The summed E-state index contributed by atoms with van der Waals surface area (Å²) in [6.45, 7) is 6.43. The number of carbonyl (C=O) groups excluding carboxylic acids is 2. The quantitative estimate of drug-likeness (QED) is 0.301. The molecular weight excluding hydrogens is 408 g/mol. The van der Waals surface area contributed by atoms with Crippen molar-refractivity contribution in [2.24, 2.45) is 11.3 Å². The molecular formula is C26H34O6. The van der Waals surface area contributed by atoms with E-state index in [1.165, 1.54) is 0 Å². The first kappa shape index (κ1) is 24.1. The third kappa shape index (κ3) is 6.22. The number of carbonyl (C=O) groups is 2. The summed E-state index contributed by atoms with van der Waals surface area (Å²) in [4.78, 5) is 25.0. The molecule has 2 fully saturated rings. The summed E-state index contributed by atoms with van der Waals surface area (Å²) in [7, 11) is 1.60. The van der Waals surface area contributed by atoms with E-state index in [0.717, 1.165) is 24.8 Å². The van der Waals surface area contributed by atoms with Crippen LogP contribution in [0.4, 0.5) is 0 Å². The van der Waals surface area contributed by atoms with Crippen LogP contribution in [0.1, 0.15) is 57.4 Å². The molecule has 1 aliphatic carbocycles. The van der Waals surface area contributed by atoms with Crippen molar-refractivity contribution < 1.29 is 28.5 Å². The molecule has 1 unspecified atom stereocenters. The van der Waals surface area contributed by atoms with Crippen LogP contribution < -0.4 is 9.47 Å². The molecule has 1 heterocycles. The molecule has 1 saturated carbocycles. The van der Waals surface area contributed by atoms with E-state index in [4.69, 9.17) is 18.9 Å². The van der Waals surface area contributed by atoms with E-state index in [2.05, 4.69) is 6.58 Å². The number of ether oxygens (including phenoxy) is 4. The summed E-state index contributed by atoms with van der Waals surface area (Å²) in [6, 6.07) is 5.61. The van der Waals surface area contributed by atoms with Gasteiger partial charge in [-0.2, -0.15) is 0 Å². The van der Waals surface area contributed by atoms with Crippen LogP contribution in [0.25, 0.3) is 6.08 Å². The van der Waals surface area contributed by atoms with Gasteiger partial charge in [-0.25, -0.2) is 0 Å². The number of methoxy groups -OCH3 is 1. The van der Waals surface area contributed by atoms with Gasteiger partial charge in [-0.1, -0.05) is 24.8 Å². The molecule has 1 aromatic rings. The Labute approximate surface area is 190 Å². The summed E-state index contributed by atoms with van der Waals surface area (Å²) in [5.74, 6) is 1.06. The summed E-state index contributed by atoms with van der Waals surface area (Å²) in [5.41, 5.74) is 0.343. The lowest BCUT2D eigenvalue weighted by Gasteiger charge is -2.34. The second-order valence-corrected chi connectivity index (χ2v) is 8.78. The van der Waals surface area contributed by atoms with Crippen molar-refractivity contribution in [2.45, 2.75) is 58.2 Å². The lowest BCUT2D eigenvalue weighted by molar-refractivity contribution is -0.156. The monoisotopic (exact) mass is 442 g/mol. The molecule has 1 aromatic carbocycles. The van der Waals surface area contributed by atoms with Gasteiger partial charge in [-0.05, 0) is 69.2 Å². The third-order valence-electron chi connectivity index (χ3n) is 6.34. The predicted octanol–water partition coefficient (Wildman–Crippen LogP) is 5.11. The standard InChI is InChI=1S/C26H34O6/c1-4-16-31-25(28)26(2)14-12-20(13-15-26)21(27)10-8-19-9-11-22(23(18-19)29-3)32-24-7-5-6-17-30-24/h4,8-11,18,20,24H,1,5-7,12-17H2,2-3H3. The maximum atomic E-state index is 12.7. The van der Waals surface area contributed by atoms with E-state index in [9.17, 15) is 9.59 Å². The Morgan fingerprint density at radius 1 is 1.19 bits per heavy atom. The van der Waals surface area contributed by atoms with Gasteiger partial charge in [0.25, 0.3) is 0 Å². The van der Waals surface area contributed by atoms with E-state index in [1.807, 2.05) is 25.1 Å². The van der Waals surface area contributed by atoms with Gasteiger partial charge in [0.05, 0.1) is 19.1 Å². The molecule has 0 amide bonds. The highest BCUT2D eigenvalue weighted by Crippen LogP contribution is 2.40. The highest BCUT2D eigenvalue weighted by molar-refractivity contribution is 5.95. The van der Waals surface area contributed by atoms with Crippen LogP contribution in [0.3, 0.4) is 0 Å². The van der Waals surface area contributed by atoms with Crippen molar-refractivity contribution in [1.82, 2.24) is 0 Å². The zero-order chi connectivity index (χ0) is 23.0. The average Bonchev–Trinajstić information content (AvgIpc) is 2.82. The molecule has 0 spiro atoms. The van der Waals surface area contributed by atoms with Crippen LogP contribution in [0.5, 0.6) is 11.5 Å². The number of benzene rings is 1. The summed E-state index contributed by atoms with van der Waals surface area (Å²) in [6.07, 6.45) is 10.4. The van der Waals surface area contributed by atoms with Gasteiger partial charge in [-0.15, -0.1) is 0 Å². The molecule has 0 radical (unpaired) electrons. The Balaban J connectivity index is 1.56. The fourth-order valence-electron chi connectivity index (χ4n) is 4.20. The molecule has 6 nitrogen and oxygen atoms in total. The molecule has 0 N–H and O–H groups in total. The van der Waals surface area contributed by atoms with Crippen LogP contribution in [0.2, 0.25) is 0 Å². The zero-order valence-electron chi connectivity index (χ0n) is 19.1. The van der Waals surface area contributed by atoms with Crippen molar-refractivity contribution in [3.8, 4) is 11.5 Å². The first-order valence-electron chi connectivity index (χ1n) is 11.4. The van der Waals surface area contributed by atoms with Gasteiger partial charge in [-0.3, -0.25) is 9.59 Å². The largest absolute Gasteiger partial charge is 0.493 e. The normalized spacial score (nSPS) is 25.8. The second kappa shape index (κ2) is 11.3. The molecule has 1 atom stereocenters. The highest BCUT2D eigenvalue weighted by atomic mass is 16.7. The fourth-order valence-corrected chi connectivity index (χ4v) is 4.20. The van der Waals surface area contributed by atoms with E-state index in [0.29, 0.717) is 43.8 Å². The molecule has 6 heteroatoms. The van der Waals surface area contributed by atoms with Crippen molar-refractivity contribution in [3.05, 3.63) is 42.5 Å². The first-order chi connectivity index (χ1) is 15.4. The highest BCUT2D eigenvalue weighted by Gasteiger charge is 2.40. The molecule has 1 saturated heterocycles. The maximum Gasteiger partial charge on any atom is 0.312 e. The molecule has 3 rings (SSSR count). The van der Waals surface area contributed by atoms with E-state index < -0.39 is 5.41 Å². The molecule has 174 valence electrons. The SMILES string of the molecule is C=CCOC(=O)C1(C)CCC(C(=O)C=Cc2ccc(OC3CCCCO3)c(OC)c2)CC1. The molecule has 0 bridgehead atoms. The Morgan fingerprint density at radius 3 is 2.62 bits per heavy atom. The van der Waals surface area contributed by atoms with Crippen LogP contribution in [-0.4, -0.2) is 38.4 Å². The fraction of sp³-hybridized carbons (Fsp3) is 0.538. The third-order valence-corrected chi connectivity index (χ3v) is 6.34. The zero-order valence-corrected chi connectivity index (χ0v) is 19.1. The molecule has 2 aliphatic rings. The number of esters is 1. The van der Waals surface area contributed by atoms with Gasteiger partial charge in [0, 0.05) is 12.3 Å². The Hall–Kier alpha value is -2.60. The van der Waals surface area contributed by atoms with Crippen molar-refractivity contribution in [2.75, 3.05) is 20.3 Å². The predicted molar refractivity (Wildman–Crippen MR) is 122 cm³/mol. The van der Waals surface area contributed by atoms with Crippen LogP contribution >= 0.6 is 0 Å². The Kier molecular flexibility index (Phi) is 8.51. The van der Waals surface area contributed by atoms with Gasteiger partial charge in [0.1, 0.15) is 6.61 Å². The molecule has 32 heavy (non-hydrogen) atoms. The Morgan fingerprint density at radius 2 is 1.97 bits per heavy atom. The van der Waals surface area contributed by atoms with Gasteiger partial charge in [0.2, 0.25) is 0 Å². The first-order valence-corrected chi connectivity index (χ1v) is 11.4. The topological polar surface area (TPSA) is 71.1 Å². The summed E-state index contributed by atoms with van der Waals surface area (Å²) >= 11 is 0. The number of hydrogen-bond donors (Lipinski definition) is 0. The lowest BCUT2D eigenvalue weighted by atomic mass is 9.70. The molecule has 0 aromatic heterocycles. The summed E-state index contributed by atoms with van der Waals surface area (Å²) < 4.78 is 22.3. The minimum Gasteiger partial charge on any atom is -0.493 e. The maximum absolute atomic E-state index is 12.7. The van der Waals surface area contributed by atoms with Gasteiger partial charge in [0.15, 0.2) is 23.6 Å². The van der Waals surface area contributed by atoms with Gasteiger partial charge >= 0.3 is 5.97 Å². The van der Waals surface area contributed by atoms with Crippen LogP contribution in [0, 0.1) is 11.3 Å². The van der Waals surface area contributed by atoms with Crippen molar-refractivity contribution in [3.63, 3.8) is 0 Å². The minimum atomic E-state index is -0.519. The minimum absolute atomic E-state index is 0.0699. The number of hydrogen-bond acceptors (Lipinski definition) is 6. The van der Waals surface area contributed by atoms with Crippen LogP contribution in [0.15, 0.2) is 36.9 Å². The molecule has 1 aliphatic heterocycles. The van der Waals surface area contributed by atoms with E-state index in [1.54, 1.807) is 25.3 Å². The Bertz CT molecular complexity index is 829. The number of ketones is 1. The number of allylic oxidation sites excluding steroid dienone is 1. The summed E-state index contributed by atoms with van der Waals surface area (Å²) in [5, 5.41) is 0. The van der Waals surface area contributed by atoms with Gasteiger partial charge < -0.3 is 18.9 Å². The second-order valence-electron chi connectivity index (χ2n) is 8.78. The van der Waals surface area contributed by atoms with Crippen LogP contribution in [-0.2, 0) is 19.1 Å².